The van der Waals surface area contributed by atoms with Crippen LogP contribution in [0.25, 0.3) is 0 Å². The first kappa shape index (κ1) is 19.0. The average Bonchev–Trinajstić information content (AvgIpc) is 2.69. The van der Waals surface area contributed by atoms with E-state index in [1.807, 2.05) is 0 Å². The van der Waals surface area contributed by atoms with Gasteiger partial charge in [0.25, 0.3) is 11.8 Å². The van der Waals surface area contributed by atoms with Crippen LogP contribution < -0.4 is 16.6 Å². The number of aromatic hydroxyl groups is 1. The molecule has 4 rings (SSSR count). The van der Waals surface area contributed by atoms with Crippen LogP contribution in [0.1, 0.15) is 38.1 Å². The van der Waals surface area contributed by atoms with Crippen LogP contribution in [0, 0.1) is 11.6 Å². The number of hydrazine groups is 1. The summed E-state index contributed by atoms with van der Waals surface area (Å²) in [6.07, 6.45) is 0. The Hall–Kier alpha value is -3.31. The fourth-order valence-corrected chi connectivity index (χ4v) is 3.57. The van der Waals surface area contributed by atoms with E-state index in [0.29, 0.717) is 11.1 Å². The molecule has 0 spiro atoms. The van der Waals surface area contributed by atoms with Gasteiger partial charge in [-0.3, -0.25) is 19.4 Å². The van der Waals surface area contributed by atoms with Crippen molar-refractivity contribution in [3.05, 3.63) is 62.6 Å². The second kappa shape index (κ2) is 6.94. The van der Waals surface area contributed by atoms with Crippen molar-refractivity contribution in [1.82, 2.24) is 14.9 Å². The molecule has 2 aliphatic heterocycles. The fraction of sp³-hybridized carbons (Fsp3) is 0.278. The Morgan fingerprint density at radius 3 is 2.86 bits per heavy atom. The SMILES string of the molecule is NN(Cc1ccc(F)cc1F)C(=O)c1c2n3c(c(O)c1=O)C(=O)NCC3COC2. The quantitative estimate of drug-likeness (QED) is 0.379. The van der Waals surface area contributed by atoms with Gasteiger partial charge in [-0.05, 0) is 6.07 Å². The lowest BCUT2D eigenvalue weighted by molar-refractivity contribution is 0.0439. The van der Waals surface area contributed by atoms with E-state index in [4.69, 9.17) is 10.6 Å². The highest BCUT2D eigenvalue weighted by atomic mass is 19.1. The first-order valence-corrected chi connectivity index (χ1v) is 8.66. The summed E-state index contributed by atoms with van der Waals surface area (Å²) in [4.78, 5) is 37.7. The smallest absolute Gasteiger partial charge is 0.274 e. The number of nitrogens with one attached hydrogen (secondary N) is 1. The fourth-order valence-electron chi connectivity index (χ4n) is 3.57. The van der Waals surface area contributed by atoms with E-state index in [9.17, 15) is 28.3 Å². The maximum Gasteiger partial charge on any atom is 0.274 e. The Kier molecular flexibility index (Phi) is 4.55. The Morgan fingerprint density at radius 2 is 2.14 bits per heavy atom. The van der Waals surface area contributed by atoms with Gasteiger partial charge >= 0.3 is 0 Å². The molecule has 152 valence electrons. The number of ether oxygens (including phenoxy) is 1. The molecule has 29 heavy (non-hydrogen) atoms. The molecule has 0 radical (unpaired) electrons. The number of carbonyl (C=O) groups excluding carboxylic acids is 2. The number of rotatable bonds is 3. The Morgan fingerprint density at radius 1 is 1.38 bits per heavy atom. The first-order chi connectivity index (χ1) is 13.8. The molecule has 2 amide bonds. The molecule has 0 fully saturated rings. The molecule has 0 aliphatic carbocycles. The summed E-state index contributed by atoms with van der Waals surface area (Å²) in [5.41, 5.74) is -1.74. The number of halogens is 2. The van der Waals surface area contributed by atoms with E-state index < -0.39 is 52.8 Å². The largest absolute Gasteiger partial charge is 0.503 e. The van der Waals surface area contributed by atoms with E-state index in [0.717, 1.165) is 12.1 Å². The van der Waals surface area contributed by atoms with Crippen molar-refractivity contribution < 1.29 is 28.2 Å². The first-order valence-electron chi connectivity index (χ1n) is 8.66. The van der Waals surface area contributed by atoms with E-state index in [1.54, 1.807) is 0 Å². The van der Waals surface area contributed by atoms with Gasteiger partial charge in [-0.15, -0.1) is 0 Å². The van der Waals surface area contributed by atoms with Crippen LogP contribution in [0.3, 0.4) is 0 Å². The Balaban J connectivity index is 1.78. The Bertz CT molecular complexity index is 1100. The molecule has 0 bridgehead atoms. The van der Waals surface area contributed by atoms with Crippen molar-refractivity contribution in [1.29, 1.82) is 0 Å². The molecular weight excluding hydrogens is 390 g/mol. The summed E-state index contributed by atoms with van der Waals surface area (Å²) in [6, 6.07) is 2.37. The van der Waals surface area contributed by atoms with Gasteiger partial charge in [0.15, 0.2) is 11.4 Å². The highest BCUT2D eigenvalue weighted by Crippen LogP contribution is 2.30. The van der Waals surface area contributed by atoms with Crippen LogP contribution in [-0.2, 0) is 17.9 Å². The van der Waals surface area contributed by atoms with Crippen molar-refractivity contribution in [2.45, 2.75) is 19.2 Å². The third-order valence-electron chi connectivity index (χ3n) is 4.94. The molecular formula is C18H16F2N4O5. The second-order valence-corrected chi connectivity index (χ2v) is 6.77. The van der Waals surface area contributed by atoms with Gasteiger partial charge in [0, 0.05) is 18.2 Å². The number of hydrogen-bond acceptors (Lipinski definition) is 6. The summed E-state index contributed by atoms with van der Waals surface area (Å²) < 4.78 is 33.8. The molecule has 0 saturated heterocycles. The van der Waals surface area contributed by atoms with Crippen LogP contribution >= 0.6 is 0 Å². The highest BCUT2D eigenvalue weighted by Gasteiger charge is 2.37. The topological polar surface area (TPSA) is 127 Å². The van der Waals surface area contributed by atoms with Gasteiger partial charge in [-0.2, -0.15) is 0 Å². The number of benzene rings is 1. The van der Waals surface area contributed by atoms with E-state index in [2.05, 4.69) is 5.32 Å². The van der Waals surface area contributed by atoms with Gasteiger partial charge in [-0.1, -0.05) is 6.07 Å². The number of nitrogens with zero attached hydrogens (tertiary/aromatic N) is 2. The lowest BCUT2D eigenvalue weighted by atomic mass is 10.0. The zero-order valence-electron chi connectivity index (χ0n) is 14.9. The molecule has 3 heterocycles. The lowest BCUT2D eigenvalue weighted by Gasteiger charge is -2.36. The molecule has 1 aromatic heterocycles. The molecule has 2 aliphatic rings. The maximum atomic E-state index is 13.9. The van der Waals surface area contributed by atoms with Crippen LogP contribution in [0.15, 0.2) is 23.0 Å². The van der Waals surface area contributed by atoms with Gasteiger partial charge in [0.2, 0.25) is 5.43 Å². The van der Waals surface area contributed by atoms with Gasteiger partial charge in [-0.25, -0.2) is 14.6 Å². The van der Waals surface area contributed by atoms with Gasteiger partial charge < -0.3 is 19.7 Å². The number of hydrogen-bond donors (Lipinski definition) is 3. The third-order valence-corrected chi connectivity index (χ3v) is 4.94. The molecule has 1 atom stereocenters. The summed E-state index contributed by atoms with van der Waals surface area (Å²) in [6.45, 7) is -0.186. The molecule has 9 nitrogen and oxygen atoms in total. The van der Waals surface area contributed by atoms with Crippen molar-refractivity contribution in [2.75, 3.05) is 13.2 Å². The predicted octanol–water partition coefficient (Wildman–Crippen LogP) is 0.163. The van der Waals surface area contributed by atoms with Crippen molar-refractivity contribution >= 4 is 11.8 Å². The predicted molar refractivity (Wildman–Crippen MR) is 93.8 cm³/mol. The lowest BCUT2D eigenvalue weighted by Crippen LogP contribution is -2.48. The van der Waals surface area contributed by atoms with Gasteiger partial charge in [0.1, 0.15) is 17.2 Å². The second-order valence-electron chi connectivity index (χ2n) is 6.77. The Labute approximate surface area is 162 Å². The number of pyridine rings is 1. The maximum absolute atomic E-state index is 13.9. The molecule has 1 aromatic carbocycles. The van der Waals surface area contributed by atoms with Crippen molar-refractivity contribution in [2.24, 2.45) is 5.84 Å². The van der Waals surface area contributed by atoms with Crippen LogP contribution in [0.4, 0.5) is 8.78 Å². The molecule has 1 unspecified atom stereocenters. The van der Waals surface area contributed by atoms with Gasteiger partial charge in [0.05, 0.1) is 31.5 Å². The standard InChI is InChI=1S/C18H16F2N4O5/c19-9-2-1-8(11(20)3-9)5-23(21)18(28)13-12-7-29-6-10-4-22-17(27)14(24(10)12)16(26)15(13)25/h1-3,10,26H,4-7,21H2,(H,22,27). The van der Waals surface area contributed by atoms with E-state index >= 15 is 0 Å². The van der Waals surface area contributed by atoms with Crippen LogP contribution in [0.2, 0.25) is 0 Å². The minimum atomic E-state index is -1.08. The minimum absolute atomic E-state index is 0.0633. The van der Waals surface area contributed by atoms with Crippen LogP contribution in [0.5, 0.6) is 5.75 Å². The van der Waals surface area contributed by atoms with Crippen LogP contribution in [-0.4, -0.2) is 39.6 Å². The monoisotopic (exact) mass is 406 g/mol. The van der Waals surface area contributed by atoms with Crippen molar-refractivity contribution in [3.63, 3.8) is 0 Å². The molecule has 11 heteroatoms. The summed E-state index contributed by atoms with van der Waals surface area (Å²) in [7, 11) is 0. The number of carbonyl (C=O) groups is 2. The average molecular weight is 406 g/mol. The molecule has 4 N–H and O–H groups in total. The summed E-state index contributed by atoms with van der Waals surface area (Å²) >= 11 is 0. The normalized spacial score (nSPS) is 17.5. The molecule has 0 saturated carbocycles. The number of aromatic nitrogens is 1. The van der Waals surface area contributed by atoms with E-state index in [-0.39, 0.29) is 36.7 Å². The van der Waals surface area contributed by atoms with Crippen molar-refractivity contribution in [3.8, 4) is 5.75 Å². The number of amides is 2. The molecule has 2 aromatic rings. The number of nitrogens with two attached hydrogens (primary N) is 1. The summed E-state index contributed by atoms with van der Waals surface area (Å²) in [5, 5.41) is 13.4. The zero-order chi connectivity index (χ0) is 20.9. The highest BCUT2D eigenvalue weighted by molar-refractivity contribution is 6.00. The third kappa shape index (κ3) is 3.04. The summed E-state index contributed by atoms with van der Waals surface area (Å²) in [5.74, 6) is 1.56. The zero-order valence-corrected chi connectivity index (χ0v) is 14.9. The minimum Gasteiger partial charge on any atom is -0.503 e. The van der Waals surface area contributed by atoms with E-state index in [1.165, 1.54) is 4.57 Å².